The van der Waals surface area contributed by atoms with Crippen LogP contribution in [-0.2, 0) is 14.3 Å². The van der Waals surface area contributed by atoms with Crippen molar-refractivity contribution in [3.8, 4) is 11.1 Å². The molecule has 0 unspecified atom stereocenters. The first-order valence-electron chi connectivity index (χ1n) is 12.3. The molecular weight excluding hydrogens is 444 g/mol. The molecule has 2 aromatic carbocycles. The second-order valence-corrected chi connectivity index (χ2v) is 9.75. The Kier molecular flexibility index (Phi) is 6.57. The van der Waals surface area contributed by atoms with Gasteiger partial charge in [-0.2, -0.15) is 0 Å². The third kappa shape index (κ3) is 5.24. The van der Waals surface area contributed by atoms with E-state index < -0.39 is 18.1 Å². The summed E-state index contributed by atoms with van der Waals surface area (Å²) in [6, 6.07) is 15.1. The van der Waals surface area contributed by atoms with Crippen molar-refractivity contribution in [1.82, 2.24) is 10.6 Å². The summed E-state index contributed by atoms with van der Waals surface area (Å²) in [5.41, 5.74) is 4.63. The van der Waals surface area contributed by atoms with Gasteiger partial charge >= 0.3 is 12.1 Å². The molecule has 182 valence electrons. The molecule has 1 fully saturated rings. The van der Waals surface area contributed by atoms with Crippen molar-refractivity contribution in [1.29, 1.82) is 0 Å². The molecule has 1 saturated carbocycles. The van der Waals surface area contributed by atoms with Crippen LogP contribution < -0.4 is 10.6 Å². The highest BCUT2D eigenvalue weighted by Crippen LogP contribution is 2.44. The van der Waals surface area contributed by atoms with Crippen LogP contribution in [0.1, 0.15) is 49.1 Å². The van der Waals surface area contributed by atoms with Gasteiger partial charge in [-0.15, -0.1) is 0 Å². The first-order chi connectivity index (χ1) is 17.0. The van der Waals surface area contributed by atoms with E-state index in [9.17, 15) is 19.5 Å². The Morgan fingerprint density at radius 1 is 1.00 bits per heavy atom. The summed E-state index contributed by atoms with van der Waals surface area (Å²) in [4.78, 5) is 36.9. The highest BCUT2D eigenvalue weighted by Gasteiger charge is 2.33. The third-order valence-electron chi connectivity index (χ3n) is 7.23. The maximum Gasteiger partial charge on any atom is 0.407 e. The predicted octanol–water partition coefficient (Wildman–Crippen LogP) is 4.23. The molecular formula is C28H30N2O5. The number of ether oxygens (including phenoxy) is 1. The lowest BCUT2D eigenvalue weighted by Gasteiger charge is -2.26. The van der Waals surface area contributed by atoms with E-state index in [1.807, 2.05) is 36.4 Å². The molecule has 7 heteroatoms. The minimum absolute atomic E-state index is 0.0204. The van der Waals surface area contributed by atoms with Gasteiger partial charge in [-0.05, 0) is 47.4 Å². The molecule has 7 nitrogen and oxygen atoms in total. The van der Waals surface area contributed by atoms with Gasteiger partial charge < -0.3 is 20.5 Å². The zero-order chi connectivity index (χ0) is 24.4. The summed E-state index contributed by atoms with van der Waals surface area (Å²) in [5, 5.41) is 15.0. The Morgan fingerprint density at radius 3 is 2.29 bits per heavy atom. The molecule has 5 rings (SSSR count). The summed E-state index contributed by atoms with van der Waals surface area (Å²) in [6.07, 6.45) is 6.65. The number of aliphatic carboxylic acids is 1. The first kappa shape index (κ1) is 23.1. The molecule has 0 bridgehead atoms. The highest BCUT2D eigenvalue weighted by molar-refractivity contribution is 5.85. The van der Waals surface area contributed by atoms with Crippen LogP contribution in [0.4, 0.5) is 4.79 Å². The lowest BCUT2D eigenvalue weighted by atomic mass is 9.90. The molecule has 3 aliphatic carbocycles. The maximum atomic E-state index is 12.7. The van der Waals surface area contributed by atoms with Gasteiger partial charge in [-0.25, -0.2) is 9.59 Å². The van der Waals surface area contributed by atoms with Crippen LogP contribution in [0.15, 0.2) is 60.7 Å². The number of carbonyl (C=O) groups is 3. The lowest BCUT2D eigenvalue weighted by molar-refractivity contribution is -0.142. The fraction of sp³-hybridized carbons (Fsp3) is 0.393. The number of carbonyl (C=O) groups excluding carboxylic acids is 2. The quantitative estimate of drug-likeness (QED) is 0.497. The Labute approximate surface area is 204 Å². The third-order valence-corrected chi connectivity index (χ3v) is 7.23. The van der Waals surface area contributed by atoms with Gasteiger partial charge in [0.2, 0.25) is 5.91 Å². The predicted molar refractivity (Wildman–Crippen MR) is 131 cm³/mol. The maximum absolute atomic E-state index is 12.7. The van der Waals surface area contributed by atoms with Crippen LogP contribution in [0, 0.1) is 11.8 Å². The van der Waals surface area contributed by atoms with E-state index in [-0.39, 0.29) is 30.4 Å². The van der Waals surface area contributed by atoms with E-state index in [0.717, 1.165) is 24.0 Å². The SMILES string of the molecule is O=C(N[C@@H]1C=CC[C@@H](C(=O)N[C@@H](CC2CC2)C(=O)O)C1)OCC1c2ccccc2-c2ccccc21. The normalized spacial score (nSPS) is 21.5. The van der Waals surface area contributed by atoms with Gasteiger partial charge in [-0.3, -0.25) is 4.79 Å². The molecule has 0 saturated heterocycles. The number of carboxylic acids is 1. The van der Waals surface area contributed by atoms with Crippen molar-refractivity contribution in [2.45, 2.75) is 50.1 Å². The minimum atomic E-state index is -0.995. The fourth-order valence-corrected chi connectivity index (χ4v) is 5.20. The smallest absolute Gasteiger partial charge is 0.407 e. The number of alkyl carbamates (subject to hydrolysis) is 1. The number of hydrogen-bond acceptors (Lipinski definition) is 4. The van der Waals surface area contributed by atoms with Gasteiger partial charge in [0.1, 0.15) is 12.6 Å². The molecule has 2 aromatic rings. The van der Waals surface area contributed by atoms with Gasteiger partial charge in [0.25, 0.3) is 0 Å². The van der Waals surface area contributed by atoms with Gasteiger partial charge in [-0.1, -0.05) is 73.5 Å². The lowest BCUT2D eigenvalue weighted by Crippen LogP contribution is -2.46. The van der Waals surface area contributed by atoms with E-state index >= 15 is 0 Å². The number of nitrogens with one attached hydrogen (secondary N) is 2. The molecule has 0 aliphatic heterocycles. The molecule has 2 amide bonds. The molecule has 0 aromatic heterocycles. The van der Waals surface area contributed by atoms with Crippen molar-refractivity contribution in [2.24, 2.45) is 11.8 Å². The van der Waals surface area contributed by atoms with Gasteiger partial charge in [0.05, 0.1) is 6.04 Å². The van der Waals surface area contributed by atoms with Crippen molar-refractivity contribution >= 4 is 18.0 Å². The molecule has 3 atom stereocenters. The summed E-state index contributed by atoms with van der Waals surface area (Å²) in [6.45, 7) is 0.224. The van der Waals surface area contributed by atoms with Crippen LogP contribution in [0.3, 0.4) is 0 Å². The monoisotopic (exact) mass is 474 g/mol. The molecule has 0 spiro atoms. The molecule has 3 aliphatic rings. The molecule has 0 heterocycles. The van der Waals surface area contributed by atoms with E-state index in [2.05, 4.69) is 34.9 Å². The summed E-state index contributed by atoms with van der Waals surface area (Å²) >= 11 is 0. The summed E-state index contributed by atoms with van der Waals surface area (Å²) < 4.78 is 5.62. The van der Waals surface area contributed by atoms with Crippen LogP contribution in [-0.4, -0.2) is 41.8 Å². The Morgan fingerprint density at radius 2 is 1.66 bits per heavy atom. The van der Waals surface area contributed by atoms with Gasteiger partial charge in [0.15, 0.2) is 0 Å². The van der Waals surface area contributed by atoms with Crippen LogP contribution in [0.2, 0.25) is 0 Å². The zero-order valence-corrected chi connectivity index (χ0v) is 19.5. The van der Waals surface area contributed by atoms with Crippen molar-refractivity contribution < 1.29 is 24.2 Å². The highest BCUT2D eigenvalue weighted by atomic mass is 16.5. The minimum Gasteiger partial charge on any atom is -0.480 e. The number of hydrogen-bond donors (Lipinski definition) is 3. The number of allylic oxidation sites excluding steroid dienone is 1. The number of rotatable bonds is 8. The number of fused-ring (bicyclic) bond motifs is 3. The topological polar surface area (TPSA) is 105 Å². The Balaban J connectivity index is 1.15. The van der Waals surface area contributed by atoms with E-state index in [4.69, 9.17) is 4.74 Å². The summed E-state index contributed by atoms with van der Waals surface area (Å²) in [7, 11) is 0. The van der Waals surface area contributed by atoms with Crippen LogP contribution in [0.5, 0.6) is 0 Å². The van der Waals surface area contributed by atoms with Crippen LogP contribution >= 0.6 is 0 Å². The van der Waals surface area contributed by atoms with Crippen molar-refractivity contribution in [3.05, 3.63) is 71.8 Å². The Bertz CT molecular complexity index is 1110. The number of carboxylic acid groups (broad SMARTS) is 1. The first-order valence-corrected chi connectivity index (χ1v) is 12.3. The van der Waals surface area contributed by atoms with Crippen molar-refractivity contribution in [2.75, 3.05) is 6.61 Å². The van der Waals surface area contributed by atoms with Crippen molar-refractivity contribution in [3.63, 3.8) is 0 Å². The fourth-order valence-electron chi connectivity index (χ4n) is 5.20. The van der Waals surface area contributed by atoms with Crippen LogP contribution in [0.25, 0.3) is 11.1 Å². The molecule has 35 heavy (non-hydrogen) atoms. The zero-order valence-electron chi connectivity index (χ0n) is 19.5. The number of benzene rings is 2. The average Bonchev–Trinajstić information content (AvgIpc) is 3.63. The van der Waals surface area contributed by atoms with E-state index in [1.54, 1.807) is 0 Å². The average molecular weight is 475 g/mol. The molecule has 3 N–H and O–H groups in total. The Hall–Kier alpha value is -3.61. The summed E-state index contributed by atoms with van der Waals surface area (Å²) in [5.74, 6) is -1.29. The second kappa shape index (κ2) is 9.94. The molecule has 0 radical (unpaired) electrons. The van der Waals surface area contributed by atoms with E-state index in [1.165, 1.54) is 11.1 Å². The standard InChI is InChI=1S/C28H30N2O5/c31-26(30-25(27(32)33)14-17-12-13-17)18-6-5-7-19(15-18)29-28(34)35-16-24-22-10-3-1-8-20(22)21-9-2-4-11-23(21)24/h1-5,7-11,17-19,24-25H,6,12-16H2,(H,29,34)(H,30,31)(H,32,33)/t18-,19-,25+/m1/s1. The second-order valence-electron chi connectivity index (χ2n) is 9.75. The van der Waals surface area contributed by atoms with E-state index in [0.29, 0.717) is 25.2 Å². The largest absolute Gasteiger partial charge is 0.480 e. The number of amides is 2. The van der Waals surface area contributed by atoms with Gasteiger partial charge in [0, 0.05) is 11.8 Å².